The molecule has 1 N–H and O–H groups in total. The molecule has 6 heteroatoms. The van der Waals surface area contributed by atoms with Gasteiger partial charge in [-0.2, -0.15) is 8.78 Å². The monoisotopic (exact) mass is 309 g/mol. The second-order valence-corrected chi connectivity index (χ2v) is 4.69. The fourth-order valence-electron chi connectivity index (χ4n) is 1.07. The maximum atomic E-state index is 12.2. The van der Waals surface area contributed by atoms with Crippen molar-refractivity contribution in [1.29, 1.82) is 0 Å². The Hall–Kier alpha value is -0.620. The van der Waals surface area contributed by atoms with E-state index in [0.717, 1.165) is 0 Å². The molecule has 88 valence electrons. The van der Waals surface area contributed by atoms with Gasteiger partial charge in [-0.25, -0.2) is 0 Å². The van der Waals surface area contributed by atoms with Crippen LogP contribution in [-0.4, -0.2) is 17.0 Å². The van der Waals surface area contributed by atoms with Crippen LogP contribution in [0.15, 0.2) is 29.2 Å². The van der Waals surface area contributed by atoms with E-state index >= 15 is 0 Å². The number of para-hydroxylation sites is 1. The second kappa shape index (κ2) is 6.85. The molecule has 1 amide bonds. The Bertz CT molecular complexity index is 362. The first kappa shape index (κ1) is 13.4. The van der Waals surface area contributed by atoms with Gasteiger partial charge < -0.3 is 5.32 Å². The van der Waals surface area contributed by atoms with Gasteiger partial charge in [0, 0.05) is 16.6 Å². The van der Waals surface area contributed by atoms with Crippen molar-refractivity contribution in [2.45, 2.75) is 17.1 Å². The quantitative estimate of drug-likeness (QED) is 0.663. The highest BCUT2D eigenvalue weighted by Gasteiger charge is 2.11. The van der Waals surface area contributed by atoms with Gasteiger partial charge in [0.15, 0.2) is 0 Å². The smallest absolute Gasteiger partial charge is 0.288 e. The third kappa shape index (κ3) is 4.49. The van der Waals surface area contributed by atoms with Crippen molar-refractivity contribution < 1.29 is 13.6 Å². The molecule has 0 aliphatic rings. The van der Waals surface area contributed by atoms with Crippen LogP contribution in [-0.2, 0) is 4.79 Å². The lowest BCUT2D eigenvalue weighted by atomic mass is 10.3. The average Bonchev–Trinajstić information content (AvgIpc) is 2.20. The number of rotatable bonds is 5. The Morgan fingerprint density at radius 2 is 2.12 bits per heavy atom. The second-order valence-electron chi connectivity index (χ2n) is 2.86. The lowest BCUT2D eigenvalue weighted by molar-refractivity contribution is -0.115. The SMILES string of the molecule is O=C(CCBr)Nc1ccccc1SC(F)F. The van der Waals surface area contributed by atoms with Gasteiger partial charge >= 0.3 is 0 Å². The van der Waals surface area contributed by atoms with Gasteiger partial charge in [-0.3, -0.25) is 4.79 Å². The molecule has 0 saturated carbocycles. The number of halogens is 3. The first-order chi connectivity index (χ1) is 7.63. The maximum Gasteiger partial charge on any atom is 0.288 e. The summed E-state index contributed by atoms with van der Waals surface area (Å²) in [6, 6.07) is 6.52. The van der Waals surface area contributed by atoms with Crippen LogP contribution in [0.25, 0.3) is 0 Å². The van der Waals surface area contributed by atoms with E-state index < -0.39 is 5.76 Å². The van der Waals surface area contributed by atoms with Crippen molar-refractivity contribution in [2.24, 2.45) is 0 Å². The predicted octanol–water partition coefficient (Wildman–Crippen LogP) is 3.72. The highest BCUT2D eigenvalue weighted by atomic mass is 79.9. The molecule has 0 fully saturated rings. The summed E-state index contributed by atoms with van der Waals surface area (Å²) in [6.45, 7) is 0. The zero-order chi connectivity index (χ0) is 12.0. The van der Waals surface area contributed by atoms with Crippen LogP contribution >= 0.6 is 27.7 Å². The van der Waals surface area contributed by atoms with Crippen LogP contribution in [0.4, 0.5) is 14.5 Å². The van der Waals surface area contributed by atoms with E-state index in [1.165, 1.54) is 0 Å². The first-order valence-electron chi connectivity index (χ1n) is 4.53. The summed E-state index contributed by atoms with van der Waals surface area (Å²) in [5, 5.41) is 3.14. The Morgan fingerprint density at radius 3 is 2.75 bits per heavy atom. The van der Waals surface area contributed by atoms with Gasteiger partial charge in [0.1, 0.15) is 0 Å². The van der Waals surface area contributed by atoms with E-state index in [1.807, 2.05) is 0 Å². The largest absolute Gasteiger partial charge is 0.325 e. The Morgan fingerprint density at radius 1 is 1.44 bits per heavy atom. The number of benzene rings is 1. The minimum atomic E-state index is -2.49. The number of anilines is 1. The molecular weight excluding hydrogens is 300 g/mol. The maximum absolute atomic E-state index is 12.2. The summed E-state index contributed by atoms with van der Waals surface area (Å²) >= 11 is 3.56. The van der Waals surface area contributed by atoms with Crippen LogP contribution in [0, 0.1) is 0 Å². The molecule has 1 aromatic carbocycles. The van der Waals surface area contributed by atoms with Crippen molar-refractivity contribution in [3.8, 4) is 0 Å². The normalized spacial score (nSPS) is 10.5. The zero-order valence-corrected chi connectivity index (χ0v) is 10.7. The average molecular weight is 310 g/mol. The van der Waals surface area contributed by atoms with Crippen molar-refractivity contribution >= 4 is 39.3 Å². The van der Waals surface area contributed by atoms with Gasteiger partial charge in [0.05, 0.1) is 5.69 Å². The summed E-state index contributed by atoms with van der Waals surface area (Å²) in [7, 11) is 0. The fraction of sp³-hybridized carbons (Fsp3) is 0.300. The fourth-order valence-corrected chi connectivity index (χ4v) is 2.02. The van der Waals surface area contributed by atoms with Crippen molar-refractivity contribution in [1.82, 2.24) is 0 Å². The van der Waals surface area contributed by atoms with E-state index in [0.29, 0.717) is 34.1 Å². The molecule has 0 unspecified atom stereocenters. The molecule has 0 radical (unpaired) electrons. The molecular formula is C10H10BrF2NOS. The van der Waals surface area contributed by atoms with Crippen LogP contribution in [0.2, 0.25) is 0 Å². The van der Waals surface area contributed by atoms with Crippen molar-refractivity contribution in [3.63, 3.8) is 0 Å². The van der Waals surface area contributed by atoms with Gasteiger partial charge in [0.25, 0.3) is 5.76 Å². The zero-order valence-electron chi connectivity index (χ0n) is 8.25. The molecule has 0 spiro atoms. The van der Waals surface area contributed by atoms with Gasteiger partial charge in [0.2, 0.25) is 5.91 Å². The van der Waals surface area contributed by atoms with Crippen LogP contribution in [0.1, 0.15) is 6.42 Å². The third-order valence-corrected chi connectivity index (χ3v) is 2.88. The van der Waals surface area contributed by atoms with Crippen LogP contribution < -0.4 is 5.32 Å². The third-order valence-electron chi connectivity index (χ3n) is 1.70. The molecule has 0 aliphatic carbocycles. The first-order valence-corrected chi connectivity index (χ1v) is 6.53. The van der Waals surface area contributed by atoms with E-state index in [9.17, 15) is 13.6 Å². The lowest BCUT2D eigenvalue weighted by Gasteiger charge is -2.09. The minimum Gasteiger partial charge on any atom is -0.325 e. The summed E-state index contributed by atoms with van der Waals surface area (Å²) in [5.74, 6) is -2.69. The van der Waals surface area contributed by atoms with Gasteiger partial charge in [-0.1, -0.05) is 39.8 Å². The summed E-state index contributed by atoms with van der Waals surface area (Å²) in [5.41, 5.74) is 0.429. The number of hydrogen-bond acceptors (Lipinski definition) is 2. The summed E-state index contributed by atoms with van der Waals surface area (Å²) < 4.78 is 24.5. The number of amides is 1. The summed E-state index contributed by atoms with van der Waals surface area (Å²) in [4.78, 5) is 11.7. The van der Waals surface area contributed by atoms with E-state index in [2.05, 4.69) is 21.2 Å². The molecule has 1 aromatic rings. The van der Waals surface area contributed by atoms with E-state index in [-0.39, 0.29) is 5.91 Å². The standard InChI is InChI=1S/C10H10BrF2NOS/c11-6-5-9(15)14-7-3-1-2-4-8(7)16-10(12)13/h1-4,10H,5-6H2,(H,14,15). The number of thioether (sulfide) groups is 1. The Balaban J connectivity index is 2.74. The molecule has 16 heavy (non-hydrogen) atoms. The lowest BCUT2D eigenvalue weighted by Crippen LogP contribution is -2.12. The van der Waals surface area contributed by atoms with Gasteiger partial charge in [-0.05, 0) is 12.1 Å². The highest BCUT2D eigenvalue weighted by molar-refractivity contribution is 9.09. The number of nitrogens with one attached hydrogen (secondary N) is 1. The molecule has 0 aromatic heterocycles. The van der Waals surface area contributed by atoms with E-state index in [1.54, 1.807) is 24.3 Å². The molecule has 2 nitrogen and oxygen atoms in total. The van der Waals surface area contributed by atoms with E-state index in [4.69, 9.17) is 0 Å². The number of alkyl halides is 3. The molecule has 0 saturated heterocycles. The minimum absolute atomic E-state index is 0.195. The molecule has 0 heterocycles. The van der Waals surface area contributed by atoms with Crippen LogP contribution in [0.5, 0.6) is 0 Å². The van der Waals surface area contributed by atoms with Crippen molar-refractivity contribution in [3.05, 3.63) is 24.3 Å². The number of hydrogen-bond donors (Lipinski definition) is 1. The molecule has 0 aliphatic heterocycles. The van der Waals surface area contributed by atoms with Crippen molar-refractivity contribution in [2.75, 3.05) is 10.6 Å². The Kier molecular flexibility index (Phi) is 5.76. The highest BCUT2D eigenvalue weighted by Crippen LogP contribution is 2.31. The number of carbonyl (C=O) groups excluding carboxylic acids is 1. The molecule has 0 atom stereocenters. The van der Waals surface area contributed by atoms with Gasteiger partial charge in [-0.15, -0.1) is 0 Å². The summed E-state index contributed by atoms with van der Waals surface area (Å²) in [6.07, 6.45) is 0.313. The molecule has 0 bridgehead atoms. The number of carbonyl (C=O) groups is 1. The van der Waals surface area contributed by atoms with Crippen LogP contribution in [0.3, 0.4) is 0 Å². The topological polar surface area (TPSA) is 29.1 Å². The molecule has 1 rings (SSSR count). The predicted molar refractivity (Wildman–Crippen MR) is 65.3 cm³/mol. The Labute approximate surface area is 105 Å².